The van der Waals surface area contributed by atoms with Crippen LogP contribution in [0.4, 0.5) is 0 Å². The van der Waals surface area contributed by atoms with Gasteiger partial charge in [-0.2, -0.15) is 0 Å². The van der Waals surface area contributed by atoms with Gasteiger partial charge in [-0.15, -0.1) is 0 Å². The predicted molar refractivity (Wildman–Crippen MR) is 39.7 cm³/mol. The molecular formula is C6H8ClN3. The molecule has 0 saturated heterocycles. The molecule has 1 rings (SSSR count). The van der Waals surface area contributed by atoms with E-state index in [1.54, 1.807) is 0 Å². The number of hydrogen-bond donors (Lipinski definition) is 1. The average Bonchev–Trinajstić information content (AvgIpc) is 1.85. The zero-order valence-electron chi connectivity index (χ0n) is 5.63. The van der Waals surface area contributed by atoms with E-state index in [9.17, 15) is 0 Å². The number of rotatable bonds is 1. The molecule has 0 amide bonds. The predicted octanol–water partition coefficient (Wildman–Crippen LogP) is 0.897. The van der Waals surface area contributed by atoms with Crippen molar-refractivity contribution >= 4 is 11.6 Å². The Balaban J connectivity index is 3.06. The van der Waals surface area contributed by atoms with E-state index in [1.807, 2.05) is 13.0 Å². The first-order chi connectivity index (χ1) is 4.72. The Morgan fingerprint density at radius 1 is 1.60 bits per heavy atom. The summed E-state index contributed by atoms with van der Waals surface area (Å²) < 4.78 is 0. The van der Waals surface area contributed by atoms with E-state index in [0.29, 0.717) is 6.54 Å². The van der Waals surface area contributed by atoms with Gasteiger partial charge in [0.2, 0.25) is 5.28 Å². The van der Waals surface area contributed by atoms with E-state index in [0.717, 1.165) is 11.4 Å². The molecule has 54 valence electrons. The Bertz CT molecular complexity index is 216. The van der Waals surface area contributed by atoms with Crippen LogP contribution < -0.4 is 5.73 Å². The van der Waals surface area contributed by atoms with E-state index in [4.69, 9.17) is 17.3 Å². The second-order valence-electron chi connectivity index (χ2n) is 1.97. The van der Waals surface area contributed by atoms with Gasteiger partial charge in [-0.3, -0.25) is 0 Å². The molecule has 0 aliphatic rings. The van der Waals surface area contributed by atoms with Gasteiger partial charge < -0.3 is 5.73 Å². The van der Waals surface area contributed by atoms with Crippen LogP contribution in [0.5, 0.6) is 0 Å². The van der Waals surface area contributed by atoms with Crippen molar-refractivity contribution in [2.75, 3.05) is 0 Å². The molecule has 2 N–H and O–H groups in total. The second kappa shape index (κ2) is 2.94. The van der Waals surface area contributed by atoms with Gasteiger partial charge >= 0.3 is 0 Å². The van der Waals surface area contributed by atoms with Crippen LogP contribution in [-0.2, 0) is 6.54 Å². The lowest BCUT2D eigenvalue weighted by atomic mass is 10.3. The molecule has 0 aliphatic carbocycles. The summed E-state index contributed by atoms with van der Waals surface area (Å²) in [6.45, 7) is 2.26. The summed E-state index contributed by atoms with van der Waals surface area (Å²) in [6, 6.07) is 1.81. The van der Waals surface area contributed by atoms with Crippen molar-refractivity contribution in [3.05, 3.63) is 22.7 Å². The molecule has 0 fully saturated rings. The Kier molecular flexibility index (Phi) is 2.19. The van der Waals surface area contributed by atoms with Crippen molar-refractivity contribution in [2.24, 2.45) is 5.73 Å². The zero-order valence-corrected chi connectivity index (χ0v) is 6.39. The normalized spacial score (nSPS) is 9.90. The molecule has 0 aromatic carbocycles. The summed E-state index contributed by atoms with van der Waals surface area (Å²) in [4.78, 5) is 7.76. The Labute approximate surface area is 64.2 Å². The maximum Gasteiger partial charge on any atom is 0.222 e. The van der Waals surface area contributed by atoms with Crippen LogP contribution in [0.25, 0.3) is 0 Å². The molecule has 1 aromatic rings. The van der Waals surface area contributed by atoms with Gasteiger partial charge in [0.05, 0.1) is 5.69 Å². The molecule has 0 radical (unpaired) electrons. The topological polar surface area (TPSA) is 51.8 Å². The van der Waals surface area contributed by atoms with Gasteiger partial charge in [-0.25, -0.2) is 9.97 Å². The van der Waals surface area contributed by atoms with Gasteiger partial charge in [0.25, 0.3) is 0 Å². The van der Waals surface area contributed by atoms with Crippen molar-refractivity contribution in [3.63, 3.8) is 0 Å². The number of nitrogens with zero attached hydrogens (tertiary/aromatic N) is 2. The Hall–Kier alpha value is -0.670. The molecule has 0 unspecified atom stereocenters. The summed E-state index contributed by atoms with van der Waals surface area (Å²) in [7, 11) is 0. The van der Waals surface area contributed by atoms with Crippen molar-refractivity contribution in [3.8, 4) is 0 Å². The fraction of sp³-hybridized carbons (Fsp3) is 0.333. The third kappa shape index (κ3) is 1.65. The molecule has 0 saturated carbocycles. The lowest BCUT2D eigenvalue weighted by Crippen LogP contribution is -2.01. The van der Waals surface area contributed by atoms with E-state index < -0.39 is 0 Å². The SMILES string of the molecule is Cc1cc(CN)nc(Cl)n1. The van der Waals surface area contributed by atoms with Crippen molar-refractivity contribution < 1.29 is 0 Å². The maximum atomic E-state index is 5.55. The first-order valence-electron chi connectivity index (χ1n) is 2.92. The smallest absolute Gasteiger partial charge is 0.222 e. The lowest BCUT2D eigenvalue weighted by molar-refractivity contribution is 0.947. The molecular weight excluding hydrogens is 150 g/mol. The van der Waals surface area contributed by atoms with Crippen LogP contribution >= 0.6 is 11.6 Å². The molecule has 0 spiro atoms. The van der Waals surface area contributed by atoms with Gasteiger partial charge in [0.1, 0.15) is 0 Å². The molecule has 10 heavy (non-hydrogen) atoms. The van der Waals surface area contributed by atoms with E-state index in [2.05, 4.69) is 9.97 Å². The van der Waals surface area contributed by atoms with Gasteiger partial charge in [0.15, 0.2) is 0 Å². The largest absolute Gasteiger partial charge is 0.325 e. The molecule has 4 heteroatoms. The number of aromatic nitrogens is 2. The fourth-order valence-electron chi connectivity index (χ4n) is 0.699. The molecule has 0 aliphatic heterocycles. The molecule has 3 nitrogen and oxygen atoms in total. The number of nitrogens with two attached hydrogens (primary N) is 1. The average molecular weight is 158 g/mol. The van der Waals surface area contributed by atoms with E-state index in [1.165, 1.54) is 0 Å². The summed E-state index contributed by atoms with van der Waals surface area (Å²) in [5, 5.41) is 0.264. The fourth-order valence-corrected chi connectivity index (χ4v) is 0.941. The van der Waals surface area contributed by atoms with E-state index >= 15 is 0 Å². The van der Waals surface area contributed by atoms with Crippen LogP contribution in [0, 0.1) is 6.92 Å². The summed E-state index contributed by atoms with van der Waals surface area (Å²) in [5.41, 5.74) is 6.96. The molecule has 0 bridgehead atoms. The lowest BCUT2D eigenvalue weighted by Gasteiger charge is -1.96. The standard InChI is InChI=1S/C6H8ClN3/c1-4-2-5(3-8)10-6(7)9-4/h2H,3,8H2,1H3. The highest BCUT2D eigenvalue weighted by molar-refractivity contribution is 6.28. The van der Waals surface area contributed by atoms with Gasteiger partial charge in [-0.1, -0.05) is 0 Å². The first-order valence-corrected chi connectivity index (χ1v) is 3.30. The molecule has 1 aromatic heterocycles. The third-order valence-electron chi connectivity index (χ3n) is 1.09. The molecule has 1 heterocycles. The van der Waals surface area contributed by atoms with Gasteiger partial charge in [-0.05, 0) is 24.6 Å². The highest BCUT2D eigenvalue weighted by atomic mass is 35.5. The summed E-state index contributed by atoms with van der Waals surface area (Å²) >= 11 is 5.55. The van der Waals surface area contributed by atoms with Crippen LogP contribution in [-0.4, -0.2) is 9.97 Å². The van der Waals surface area contributed by atoms with Crippen molar-refractivity contribution in [1.82, 2.24) is 9.97 Å². The minimum Gasteiger partial charge on any atom is -0.325 e. The number of hydrogen-bond acceptors (Lipinski definition) is 3. The van der Waals surface area contributed by atoms with Crippen LogP contribution in [0.3, 0.4) is 0 Å². The summed E-state index contributed by atoms with van der Waals surface area (Å²) in [6.07, 6.45) is 0. The Morgan fingerprint density at radius 3 is 2.80 bits per heavy atom. The van der Waals surface area contributed by atoms with E-state index in [-0.39, 0.29) is 5.28 Å². The maximum absolute atomic E-state index is 5.55. The third-order valence-corrected chi connectivity index (χ3v) is 1.26. The Morgan fingerprint density at radius 2 is 2.30 bits per heavy atom. The monoisotopic (exact) mass is 157 g/mol. The molecule has 0 atom stereocenters. The van der Waals surface area contributed by atoms with Crippen LogP contribution in [0.1, 0.15) is 11.4 Å². The number of halogens is 1. The zero-order chi connectivity index (χ0) is 7.56. The minimum atomic E-state index is 0.264. The quantitative estimate of drug-likeness (QED) is 0.617. The first kappa shape index (κ1) is 7.44. The summed E-state index contributed by atoms with van der Waals surface area (Å²) in [5.74, 6) is 0. The second-order valence-corrected chi connectivity index (χ2v) is 2.31. The van der Waals surface area contributed by atoms with Crippen LogP contribution in [0.2, 0.25) is 5.28 Å². The van der Waals surface area contributed by atoms with Crippen molar-refractivity contribution in [2.45, 2.75) is 13.5 Å². The van der Waals surface area contributed by atoms with Gasteiger partial charge in [0, 0.05) is 12.2 Å². The minimum absolute atomic E-state index is 0.264. The highest BCUT2D eigenvalue weighted by Gasteiger charge is 1.95. The number of aryl methyl sites for hydroxylation is 1. The highest BCUT2D eigenvalue weighted by Crippen LogP contribution is 2.03. The van der Waals surface area contributed by atoms with Crippen molar-refractivity contribution in [1.29, 1.82) is 0 Å². The van der Waals surface area contributed by atoms with Crippen LogP contribution in [0.15, 0.2) is 6.07 Å².